The molecule has 0 saturated carbocycles. The van der Waals surface area contributed by atoms with Gasteiger partial charge in [-0.1, -0.05) is 18.2 Å². The third-order valence-electron chi connectivity index (χ3n) is 4.88. The van der Waals surface area contributed by atoms with Crippen molar-refractivity contribution in [2.24, 2.45) is 0 Å². The summed E-state index contributed by atoms with van der Waals surface area (Å²) in [5, 5.41) is 2.90. The lowest BCUT2D eigenvalue weighted by molar-refractivity contribution is -0.122. The molecular formula is C20H22N2O3. The number of fused-ring (bicyclic) bond motifs is 1. The number of ether oxygens (including phenoxy) is 1. The monoisotopic (exact) mass is 338 g/mol. The van der Waals surface area contributed by atoms with Crippen molar-refractivity contribution in [3.05, 3.63) is 59.7 Å². The Kier molecular flexibility index (Phi) is 4.49. The number of anilines is 1. The molecule has 1 aliphatic rings. The zero-order chi connectivity index (χ0) is 18.0. The molecule has 0 aromatic heterocycles. The number of amides is 2. The predicted octanol–water partition coefficient (Wildman–Crippen LogP) is 2.75. The molecule has 0 spiro atoms. The van der Waals surface area contributed by atoms with Crippen molar-refractivity contribution in [1.29, 1.82) is 0 Å². The average Bonchev–Trinajstić information content (AvgIpc) is 2.83. The number of hydrogen-bond donors (Lipinski definition) is 1. The zero-order valence-electron chi connectivity index (χ0n) is 14.7. The first-order valence-electron chi connectivity index (χ1n) is 8.27. The second kappa shape index (κ2) is 6.59. The van der Waals surface area contributed by atoms with E-state index in [4.69, 9.17) is 4.74 Å². The van der Waals surface area contributed by atoms with Crippen LogP contribution in [0.25, 0.3) is 0 Å². The summed E-state index contributed by atoms with van der Waals surface area (Å²) < 4.78 is 5.30. The third-order valence-corrected chi connectivity index (χ3v) is 4.88. The molecule has 1 aliphatic heterocycles. The minimum Gasteiger partial charge on any atom is -0.497 e. The average molecular weight is 338 g/mol. The molecule has 2 aromatic rings. The molecule has 2 aromatic carbocycles. The van der Waals surface area contributed by atoms with Gasteiger partial charge in [0.15, 0.2) is 0 Å². The van der Waals surface area contributed by atoms with Crippen molar-refractivity contribution >= 4 is 17.5 Å². The van der Waals surface area contributed by atoms with Crippen molar-refractivity contribution in [2.75, 3.05) is 25.6 Å². The van der Waals surface area contributed by atoms with Crippen LogP contribution in [-0.4, -0.2) is 32.5 Å². The summed E-state index contributed by atoms with van der Waals surface area (Å²) in [5.74, 6) is 0.625. The number of rotatable bonds is 5. The molecule has 3 rings (SSSR count). The molecular weight excluding hydrogens is 316 g/mol. The predicted molar refractivity (Wildman–Crippen MR) is 97.1 cm³/mol. The molecule has 2 amide bonds. The number of benzene rings is 2. The highest BCUT2D eigenvalue weighted by Crippen LogP contribution is 2.44. The highest BCUT2D eigenvalue weighted by Gasteiger charge is 2.45. The lowest BCUT2D eigenvalue weighted by Gasteiger charge is -2.23. The maximum absolute atomic E-state index is 12.8. The smallest absolute Gasteiger partial charge is 0.251 e. The van der Waals surface area contributed by atoms with Crippen molar-refractivity contribution in [3.63, 3.8) is 0 Å². The van der Waals surface area contributed by atoms with Crippen LogP contribution in [0.3, 0.4) is 0 Å². The van der Waals surface area contributed by atoms with Crippen LogP contribution in [0.4, 0.5) is 5.69 Å². The van der Waals surface area contributed by atoms with Crippen LogP contribution in [0.5, 0.6) is 5.75 Å². The molecule has 5 nitrogen and oxygen atoms in total. The van der Waals surface area contributed by atoms with Crippen LogP contribution in [-0.2, 0) is 10.2 Å². The van der Waals surface area contributed by atoms with Crippen molar-refractivity contribution in [2.45, 2.75) is 18.8 Å². The van der Waals surface area contributed by atoms with Gasteiger partial charge in [-0.3, -0.25) is 9.59 Å². The van der Waals surface area contributed by atoms with Crippen LogP contribution in [0.2, 0.25) is 0 Å². The van der Waals surface area contributed by atoms with E-state index in [-0.39, 0.29) is 11.8 Å². The normalized spacial score (nSPS) is 18.8. The Balaban J connectivity index is 1.76. The van der Waals surface area contributed by atoms with Crippen molar-refractivity contribution in [3.8, 4) is 5.75 Å². The van der Waals surface area contributed by atoms with Gasteiger partial charge in [-0.2, -0.15) is 0 Å². The van der Waals surface area contributed by atoms with Crippen LogP contribution < -0.4 is 15.0 Å². The van der Waals surface area contributed by atoms with E-state index < -0.39 is 5.41 Å². The van der Waals surface area contributed by atoms with E-state index in [1.165, 1.54) is 0 Å². The summed E-state index contributed by atoms with van der Waals surface area (Å²) in [6.45, 7) is 2.34. The Morgan fingerprint density at radius 2 is 1.92 bits per heavy atom. The largest absolute Gasteiger partial charge is 0.497 e. The van der Waals surface area contributed by atoms with E-state index >= 15 is 0 Å². The number of methoxy groups -OCH3 is 1. The van der Waals surface area contributed by atoms with Crippen LogP contribution in [0, 0.1) is 0 Å². The standard InChI is InChI=1S/C20H22N2O3/c1-20(11-12-21-18(23)14-7-5-4-6-8-14)16-13-15(25-3)9-10-17(16)22(2)19(20)24/h4-10,13H,11-12H2,1-3H3,(H,21,23)/t20-/m0/s1. The number of carbonyl (C=O) groups excluding carboxylic acids is 2. The quantitative estimate of drug-likeness (QED) is 0.912. The van der Waals surface area contributed by atoms with Gasteiger partial charge in [0.2, 0.25) is 5.91 Å². The number of hydrogen-bond acceptors (Lipinski definition) is 3. The molecule has 0 aliphatic carbocycles. The van der Waals surface area contributed by atoms with Gasteiger partial charge in [0.1, 0.15) is 5.75 Å². The van der Waals surface area contributed by atoms with Crippen LogP contribution in [0.15, 0.2) is 48.5 Å². The minimum absolute atomic E-state index is 0.0321. The van der Waals surface area contributed by atoms with E-state index in [0.29, 0.717) is 18.5 Å². The van der Waals surface area contributed by atoms with Gasteiger partial charge in [-0.15, -0.1) is 0 Å². The molecule has 25 heavy (non-hydrogen) atoms. The topological polar surface area (TPSA) is 58.6 Å². The number of nitrogens with zero attached hydrogens (tertiary/aromatic N) is 1. The first kappa shape index (κ1) is 17.0. The molecule has 130 valence electrons. The first-order chi connectivity index (χ1) is 12.0. The molecule has 1 heterocycles. The highest BCUT2D eigenvalue weighted by atomic mass is 16.5. The molecule has 1 N–H and O–H groups in total. The van der Waals surface area contributed by atoms with Crippen molar-refractivity contribution < 1.29 is 14.3 Å². The molecule has 0 bridgehead atoms. The molecule has 0 unspecified atom stereocenters. The maximum atomic E-state index is 12.8. The SMILES string of the molecule is COc1ccc2c(c1)[C@](C)(CCNC(=O)c1ccccc1)C(=O)N2C. The number of nitrogens with one attached hydrogen (secondary N) is 1. The Hall–Kier alpha value is -2.82. The second-order valence-electron chi connectivity index (χ2n) is 6.45. The lowest BCUT2D eigenvalue weighted by atomic mass is 9.80. The fourth-order valence-corrected chi connectivity index (χ4v) is 3.33. The van der Waals surface area contributed by atoms with E-state index in [0.717, 1.165) is 17.0 Å². The molecule has 5 heteroatoms. The Bertz CT molecular complexity index is 804. The summed E-state index contributed by atoms with van der Waals surface area (Å²) in [6.07, 6.45) is 0.523. The van der Waals surface area contributed by atoms with Gasteiger partial charge in [0.05, 0.1) is 12.5 Å². The Morgan fingerprint density at radius 3 is 2.60 bits per heavy atom. The van der Waals surface area contributed by atoms with Gasteiger partial charge < -0.3 is 15.0 Å². The van der Waals surface area contributed by atoms with E-state index in [2.05, 4.69) is 5.32 Å². The van der Waals surface area contributed by atoms with Gasteiger partial charge in [0.25, 0.3) is 5.91 Å². The summed E-state index contributed by atoms with van der Waals surface area (Å²) in [5.41, 5.74) is 1.77. The summed E-state index contributed by atoms with van der Waals surface area (Å²) >= 11 is 0. The molecule has 0 fully saturated rings. The van der Waals surface area contributed by atoms with Gasteiger partial charge in [-0.25, -0.2) is 0 Å². The lowest BCUT2D eigenvalue weighted by Crippen LogP contribution is -2.39. The van der Waals surface area contributed by atoms with E-state index in [1.807, 2.05) is 43.3 Å². The van der Waals surface area contributed by atoms with Crippen molar-refractivity contribution in [1.82, 2.24) is 5.32 Å². The Labute approximate surface area is 147 Å². The highest BCUT2D eigenvalue weighted by molar-refractivity contribution is 6.07. The fourth-order valence-electron chi connectivity index (χ4n) is 3.33. The van der Waals surface area contributed by atoms with E-state index in [9.17, 15) is 9.59 Å². The zero-order valence-corrected chi connectivity index (χ0v) is 14.7. The summed E-state index contributed by atoms with van der Waals surface area (Å²) in [4.78, 5) is 26.7. The summed E-state index contributed by atoms with van der Waals surface area (Å²) in [7, 11) is 3.39. The molecule has 0 saturated heterocycles. The Morgan fingerprint density at radius 1 is 1.20 bits per heavy atom. The number of carbonyl (C=O) groups is 2. The summed E-state index contributed by atoms with van der Waals surface area (Å²) in [6, 6.07) is 14.7. The van der Waals surface area contributed by atoms with Gasteiger partial charge >= 0.3 is 0 Å². The van der Waals surface area contributed by atoms with Gasteiger partial charge in [0, 0.05) is 24.8 Å². The minimum atomic E-state index is -0.678. The molecule has 1 atom stereocenters. The fraction of sp³-hybridized carbons (Fsp3) is 0.300. The van der Waals surface area contributed by atoms with E-state index in [1.54, 1.807) is 31.2 Å². The van der Waals surface area contributed by atoms with Crippen LogP contribution >= 0.6 is 0 Å². The second-order valence-corrected chi connectivity index (χ2v) is 6.45. The first-order valence-corrected chi connectivity index (χ1v) is 8.27. The van der Waals surface area contributed by atoms with Crippen LogP contribution in [0.1, 0.15) is 29.3 Å². The molecule has 0 radical (unpaired) electrons. The number of likely N-dealkylation sites (N-methyl/N-ethyl adjacent to an activating group) is 1. The van der Waals surface area contributed by atoms with Gasteiger partial charge in [-0.05, 0) is 49.2 Å². The third kappa shape index (κ3) is 2.97. The maximum Gasteiger partial charge on any atom is 0.251 e.